The summed E-state index contributed by atoms with van der Waals surface area (Å²) in [6.07, 6.45) is 3.99. The monoisotopic (exact) mass is 487 g/mol. The lowest BCUT2D eigenvalue weighted by molar-refractivity contribution is -0.144. The molecule has 0 aliphatic rings. The fourth-order valence-corrected chi connectivity index (χ4v) is 3.73. The van der Waals surface area contributed by atoms with Crippen LogP contribution < -0.4 is 10.6 Å². The van der Waals surface area contributed by atoms with Crippen molar-refractivity contribution in [1.29, 1.82) is 0 Å². The van der Waals surface area contributed by atoms with Crippen molar-refractivity contribution in [2.75, 3.05) is 23.8 Å². The minimum atomic E-state index is -0.197. The predicted octanol–water partition coefficient (Wildman–Crippen LogP) is 5.08. The number of carbonyl (C=O) groups excluding carboxylic acids is 1. The molecule has 4 aromatic rings. The number of hydrogen-bond acceptors (Lipinski definition) is 8. The molecule has 1 aromatic carbocycles. The van der Waals surface area contributed by atoms with Crippen LogP contribution >= 0.6 is 0 Å². The molecule has 0 spiro atoms. The SMILES string of the molecule is CC(C)CC(=O)OCCNc1nc(NCc2ccc(-c3ccccn3)cc2)c2ncn(C(C)C)c2n1. The Kier molecular flexibility index (Phi) is 8.10. The van der Waals surface area contributed by atoms with Crippen LogP contribution in [-0.4, -0.2) is 43.6 Å². The molecule has 0 atom stereocenters. The number of carbonyl (C=O) groups is 1. The molecule has 0 bridgehead atoms. The number of nitrogens with one attached hydrogen (secondary N) is 2. The zero-order valence-corrected chi connectivity index (χ0v) is 21.2. The third-order valence-electron chi connectivity index (χ3n) is 5.58. The van der Waals surface area contributed by atoms with Gasteiger partial charge in [0.25, 0.3) is 0 Å². The van der Waals surface area contributed by atoms with Crippen molar-refractivity contribution in [3.8, 4) is 11.3 Å². The molecule has 9 heteroatoms. The number of aromatic nitrogens is 5. The van der Waals surface area contributed by atoms with Gasteiger partial charge in [0.1, 0.15) is 6.61 Å². The summed E-state index contributed by atoms with van der Waals surface area (Å²) in [5, 5.41) is 6.60. The van der Waals surface area contributed by atoms with Crippen LogP contribution in [0.25, 0.3) is 22.4 Å². The lowest BCUT2D eigenvalue weighted by Crippen LogP contribution is -2.17. The van der Waals surface area contributed by atoms with E-state index >= 15 is 0 Å². The van der Waals surface area contributed by atoms with Crippen LogP contribution in [0.3, 0.4) is 0 Å². The van der Waals surface area contributed by atoms with Gasteiger partial charge in [0, 0.05) is 30.8 Å². The Morgan fingerprint density at radius 1 is 1.00 bits per heavy atom. The molecular formula is C27H33N7O2. The summed E-state index contributed by atoms with van der Waals surface area (Å²) in [4.78, 5) is 30.1. The number of anilines is 2. The smallest absolute Gasteiger partial charge is 0.306 e. The molecule has 0 radical (unpaired) electrons. The lowest BCUT2D eigenvalue weighted by atomic mass is 10.1. The van der Waals surface area contributed by atoms with Crippen molar-refractivity contribution in [3.63, 3.8) is 0 Å². The second kappa shape index (κ2) is 11.6. The molecule has 3 heterocycles. The van der Waals surface area contributed by atoms with Crippen molar-refractivity contribution >= 4 is 28.9 Å². The minimum absolute atomic E-state index is 0.196. The van der Waals surface area contributed by atoms with Crippen LogP contribution in [0.1, 0.15) is 45.7 Å². The van der Waals surface area contributed by atoms with Crippen LogP contribution in [0.2, 0.25) is 0 Å². The third-order valence-corrected chi connectivity index (χ3v) is 5.58. The van der Waals surface area contributed by atoms with Gasteiger partial charge in [0.05, 0.1) is 18.6 Å². The summed E-state index contributed by atoms with van der Waals surface area (Å²) in [7, 11) is 0. The first kappa shape index (κ1) is 25.1. The molecule has 2 N–H and O–H groups in total. The highest BCUT2D eigenvalue weighted by Gasteiger charge is 2.15. The fraction of sp³-hybridized carbons (Fsp3) is 0.370. The minimum Gasteiger partial charge on any atom is -0.464 e. The Hall–Kier alpha value is -4.01. The van der Waals surface area contributed by atoms with Crippen LogP contribution in [0.15, 0.2) is 55.0 Å². The van der Waals surface area contributed by atoms with Gasteiger partial charge in [0.2, 0.25) is 5.95 Å². The van der Waals surface area contributed by atoms with Crippen molar-refractivity contribution in [3.05, 3.63) is 60.6 Å². The van der Waals surface area contributed by atoms with E-state index in [4.69, 9.17) is 4.74 Å². The second-order valence-corrected chi connectivity index (χ2v) is 9.32. The highest BCUT2D eigenvalue weighted by atomic mass is 16.5. The second-order valence-electron chi connectivity index (χ2n) is 9.32. The predicted molar refractivity (Wildman–Crippen MR) is 142 cm³/mol. The van der Waals surface area contributed by atoms with Crippen LogP contribution in [0.5, 0.6) is 0 Å². The third kappa shape index (κ3) is 6.35. The number of esters is 1. The Labute approximate surface area is 211 Å². The van der Waals surface area contributed by atoms with Crippen molar-refractivity contribution in [2.45, 2.75) is 46.7 Å². The number of benzene rings is 1. The molecular weight excluding hydrogens is 454 g/mol. The summed E-state index contributed by atoms with van der Waals surface area (Å²) in [5.74, 6) is 1.18. The maximum absolute atomic E-state index is 11.8. The number of ether oxygens (including phenoxy) is 1. The zero-order valence-electron chi connectivity index (χ0n) is 21.2. The number of hydrogen-bond donors (Lipinski definition) is 2. The molecule has 0 amide bonds. The standard InChI is InChI=1S/C27H33N7O2/c1-18(2)15-23(35)36-14-13-29-27-32-25(24-26(33-27)34(17-31-24)19(3)4)30-16-20-8-10-21(11-9-20)22-7-5-6-12-28-22/h5-12,17-19H,13-16H2,1-4H3,(H2,29,30,32,33). The molecule has 0 saturated heterocycles. The molecule has 0 aliphatic carbocycles. The Morgan fingerprint density at radius 2 is 1.81 bits per heavy atom. The van der Waals surface area contributed by atoms with Gasteiger partial charge < -0.3 is 19.9 Å². The molecule has 0 aliphatic heterocycles. The van der Waals surface area contributed by atoms with Crippen LogP contribution in [-0.2, 0) is 16.1 Å². The van der Waals surface area contributed by atoms with Crippen molar-refractivity contribution in [1.82, 2.24) is 24.5 Å². The Balaban J connectivity index is 1.46. The van der Waals surface area contributed by atoms with E-state index in [1.54, 1.807) is 12.5 Å². The van der Waals surface area contributed by atoms with E-state index in [-0.39, 0.29) is 24.5 Å². The highest BCUT2D eigenvalue weighted by molar-refractivity contribution is 5.84. The zero-order chi connectivity index (χ0) is 25.5. The lowest BCUT2D eigenvalue weighted by Gasteiger charge is -2.13. The Morgan fingerprint density at radius 3 is 2.50 bits per heavy atom. The van der Waals surface area contributed by atoms with Gasteiger partial charge in [-0.1, -0.05) is 44.2 Å². The molecule has 4 rings (SSSR count). The normalized spacial score (nSPS) is 11.3. The van der Waals surface area contributed by atoms with Gasteiger partial charge >= 0.3 is 5.97 Å². The summed E-state index contributed by atoms with van der Waals surface area (Å²) >= 11 is 0. The van der Waals surface area contributed by atoms with E-state index in [9.17, 15) is 4.79 Å². The summed E-state index contributed by atoms with van der Waals surface area (Å²) in [6, 6.07) is 14.4. The fourth-order valence-electron chi connectivity index (χ4n) is 3.73. The molecule has 0 unspecified atom stereocenters. The van der Waals surface area contributed by atoms with Gasteiger partial charge in [-0.25, -0.2) is 4.98 Å². The number of rotatable bonds is 11. The number of imidazole rings is 1. The van der Waals surface area contributed by atoms with E-state index in [1.807, 2.05) is 36.6 Å². The van der Waals surface area contributed by atoms with Crippen molar-refractivity contribution in [2.24, 2.45) is 5.92 Å². The van der Waals surface area contributed by atoms with E-state index in [1.165, 1.54) is 0 Å². The van der Waals surface area contributed by atoms with Gasteiger partial charge in [-0.2, -0.15) is 9.97 Å². The van der Waals surface area contributed by atoms with E-state index in [0.717, 1.165) is 22.5 Å². The average molecular weight is 488 g/mol. The van der Waals surface area contributed by atoms with Crippen LogP contribution in [0.4, 0.5) is 11.8 Å². The van der Waals surface area contributed by atoms with Crippen LogP contribution in [0, 0.1) is 5.92 Å². The van der Waals surface area contributed by atoms with E-state index in [2.05, 4.69) is 68.7 Å². The van der Waals surface area contributed by atoms with Gasteiger partial charge in [-0.15, -0.1) is 0 Å². The average Bonchev–Trinajstić information content (AvgIpc) is 3.30. The van der Waals surface area contributed by atoms with Crippen molar-refractivity contribution < 1.29 is 9.53 Å². The molecule has 3 aromatic heterocycles. The molecule has 188 valence electrons. The summed E-state index contributed by atoms with van der Waals surface area (Å²) < 4.78 is 7.30. The summed E-state index contributed by atoms with van der Waals surface area (Å²) in [6.45, 7) is 9.39. The molecule has 0 fully saturated rings. The first-order chi connectivity index (χ1) is 17.4. The van der Waals surface area contributed by atoms with Gasteiger partial charge in [0.15, 0.2) is 17.0 Å². The molecule has 0 saturated carbocycles. The van der Waals surface area contributed by atoms with E-state index in [0.29, 0.717) is 36.8 Å². The molecule has 9 nitrogen and oxygen atoms in total. The topological polar surface area (TPSA) is 107 Å². The molecule has 36 heavy (non-hydrogen) atoms. The number of fused-ring (bicyclic) bond motifs is 1. The van der Waals surface area contributed by atoms with Gasteiger partial charge in [-0.05, 0) is 37.5 Å². The first-order valence-corrected chi connectivity index (χ1v) is 12.3. The number of nitrogens with zero attached hydrogens (tertiary/aromatic N) is 5. The van der Waals surface area contributed by atoms with E-state index < -0.39 is 0 Å². The Bertz CT molecular complexity index is 1280. The maximum Gasteiger partial charge on any atom is 0.306 e. The highest BCUT2D eigenvalue weighted by Crippen LogP contribution is 2.24. The number of pyridine rings is 1. The summed E-state index contributed by atoms with van der Waals surface area (Å²) in [5.41, 5.74) is 4.57. The quantitative estimate of drug-likeness (QED) is 0.223. The largest absolute Gasteiger partial charge is 0.464 e. The van der Waals surface area contributed by atoms with Gasteiger partial charge in [-0.3, -0.25) is 9.78 Å². The first-order valence-electron chi connectivity index (χ1n) is 12.3. The maximum atomic E-state index is 11.8.